The van der Waals surface area contributed by atoms with E-state index in [-0.39, 0.29) is 24.3 Å². The Morgan fingerprint density at radius 3 is 2.48 bits per heavy atom. The average Bonchev–Trinajstić information content (AvgIpc) is 2.69. The van der Waals surface area contributed by atoms with Gasteiger partial charge in [-0.1, -0.05) is 24.3 Å². The molecule has 6 heteroatoms. The number of ether oxygens (including phenoxy) is 1. The SMILES string of the molecule is O=C(CCc1cc(F)ccc1F)NCc1ccc(CN2CCOCC2)cc1. The number of aryl methyl sites for hydroxylation is 1. The number of benzene rings is 2. The van der Waals surface area contributed by atoms with Crippen molar-refractivity contribution in [2.75, 3.05) is 26.3 Å². The molecule has 0 spiro atoms. The Kier molecular flexibility index (Phi) is 6.90. The van der Waals surface area contributed by atoms with Crippen LogP contribution in [-0.2, 0) is 29.0 Å². The van der Waals surface area contributed by atoms with E-state index in [2.05, 4.69) is 22.3 Å². The number of hydrogen-bond donors (Lipinski definition) is 1. The van der Waals surface area contributed by atoms with Gasteiger partial charge >= 0.3 is 0 Å². The summed E-state index contributed by atoms with van der Waals surface area (Å²) in [5, 5.41) is 2.82. The average molecular weight is 374 g/mol. The molecule has 1 saturated heterocycles. The van der Waals surface area contributed by atoms with Crippen molar-refractivity contribution in [3.8, 4) is 0 Å². The van der Waals surface area contributed by atoms with E-state index in [1.165, 1.54) is 5.56 Å². The van der Waals surface area contributed by atoms with Crippen LogP contribution in [-0.4, -0.2) is 37.1 Å². The fourth-order valence-corrected chi connectivity index (χ4v) is 3.05. The van der Waals surface area contributed by atoms with Crippen molar-refractivity contribution in [3.63, 3.8) is 0 Å². The van der Waals surface area contributed by atoms with E-state index in [0.29, 0.717) is 6.54 Å². The van der Waals surface area contributed by atoms with Crippen LogP contribution in [0.1, 0.15) is 23.1 Å². The number of nitrogens with one attached hydrogen (secondary N) is 1. The predicted molar refractivity (Wildman–Crippen MR) is 99.1 cm³/mol. The molecule has 0 aromatic heterocycles. The molecule has 1 aliphatic rings. The van der Waals surface area contributed by atoms with Crippen LogP contribution < -0.4 is 5.32 Å². The number of carbonyl (C=O) groups excluding carboxylic acids is 1. The topological polar surface area (TPSA) is 41.6 Å². The van der Waals surface area contributed by atoms with Crippen LogP contribution in [0.15, 0.2) is 42.5 Å². The zero-order chi connectivity index (χ0) is 19.1. The molecule has 2 aromatic rings. The number of amides is 1. The first-order chi connectivity index (χ1) is 13.1. The smallest absolute Gasteiger partial charge is 0.220 e. The summed E-state index contributed by atoms with van der Waals surface area (Å²) >= 11 is 0. The van der Waals surface area contributed by atoms with Gasteiger partial charge in [0.05, 0.1) is 13.2 Å². The number of rotatable bonds is 7. The van der Waals surface area contributed by atoms with Gasteiger partial charge in [-0.15, -0.1) is 0 Å². The lowest BCUT2D eigenvalue weighted by Gasteiger charge is -2.26. The van der Waals surface area contributed by atoms with Crippen molar-refractivity contribution in [1.82, 2.24) is 10.2 Å². The highest BCUT2D eigenvalue weighted by molar-refractivity contribution is 5.76. The lowest BCUT2D eigenvalue weighted by atomic mass is 10.1. The van der Waals surface area contributed by atoms with E-state index in [1.807, 2.05) is 12.1 Å². The minimum atomic E-state index is -0.496. The second-order valence-corrected chi connectivity index (χ2v) is 6.72. The van der Waals surface area contributed by atoms with E-state index in [9.17, 15) is 13.6 Å². The van der Waals surface area contributed by atoms with Crippen LogP contribution >= 0.6 is 0 Å². The lowest BCUT2D eigenvalue weighted by molar-refractivity contribution is -0.121. The van der Waals surface area contributed by atoms with Crippen LogP contribution in [0.5, 0.6) is 0 Å². The summed E-state index contributed by atoms with van der Waals surface area (Å²) in [6.45, 7) is 4.78. The van der Waals surface area contributed by atoms with Gasteiger partial charge in [-0.2, -0.15) is 0 Å². The Hall–Kier alpha value is -2.31. The summed E-state index contributed by atoms with van der Waals surface area (Å²) in [4.78, 5) is 14.3. The van der Waals surface area contributed by atoms with Crippen molar-refractivity contribution < 1.29 is 18.3 Å². The van der Waals surface area contributed by atoms with E-state index < -0.39 is 11.6 Å². The first kappa shape index (κ1) is 19.5. The molecule has 1 N–H and O–H groups in total. The third-order valence-corrected chi connectivity index (χ3v) is 4.65. The zero-order valence-electron chi connectivity index (χ0n) is 15.2. The van der Waals surface area contributed by atoms with Crippen molar-refractivity contribution in [3.05, 3.63) is 70.8 Å². The van der Waals surface area contributed by atoms with Gasteiger partial charge in [0.15, 0.2) is 0 Å². The molecule has 144 valence electrons. The van der Waals surface area contributed by atoms with Crippen molar-refractivity contribution >= 4 is 5.91 Å². The zero-order valence-corrected chi connectivity index (χ0v) is 15.2. The molecule has 3 rings (SSSR count). The number of nitrogens with zero attached hydrogens (tertiary/aromatic N) is 1. The highest BCUT2D eigenvalue weighted by Gasteiger charge is 2.11. The van der Waals surface area contributed by atoms with Crippen molar-refractivity contribution in [2.24, 2.45) is 0 Å². The van der Waals surface area contributed by atoms with Gasteiger partial charge in [-0.3, -0.25) is 9.69 Å². The molecule has 1 heterocycles. The molecule has 2 aromatic carbocycles. The van der Waals surface area contributed by atoms with Crippen LogP contribution in [0.2, 0.25) is 0 Å². The molecular formula is C21H24F2N2O2. The molecule has 27 heavy (non-hydrogen) atoms. The van der Waals surface area contributed by atoms with Gasteiger partial charge < -0.3 is 10.1 Å². The fraction of sp³-hybridized carbons (Fsp3) is 0.381. The Morgan fingerprint density at radius 2 is 1.74 bits per heavy atom. The Morgan fingerprint density at radius 1 is 1.04 bits per heavy atom. The minimum absolute atomic E-state index is 0.121. The van der Waals surface area contributed by atoms with Crippen molar-refractivity contribution in [1.29, 1.82) is 0 Å². The molecule has 1 aliphatic heterocycles. The molecule has 0 radical (unpaired) electrons. The first-order valence-electron chi connectivity index (χ1n) is 9.19. The van der Waals surface area contributed by atoms with Crippen molar-refractivity contribution in [2.45, 2.75) is 25.9 Å². The normalized spacial score (nSPS) is 14.9. The minimum Gasteiger partial charge on any atom is -0.379 e. The summed E-state index contributed by atoms with van der Waals surface area (Å²) in [6, 6.07) is 11.4. The summed E-state index contributed by atoms with van der Waals surface area (Å²) in [7, 11) is 0. The van der Waals surface area contributed by atoms with E-state index >= 15 is 0 Å². The maximum Gasteiger partial charge on any atom is 0.220 e. The maximum atomic E-state index is 13.6. The highest BCUT2D eigenvalue weighted by atomic mass is 19.1. The molecule has 0 atom stereocenters. The standard InChI is InChI=1S/C21H24F2N2O2/c22-19-6-7-20(23)18(13-19)5-8-21(26)24-14-16-1-3-17(4-2-16)15-25-9-11-27-12-10-25/h1-4,6-7,13H,5,8-12,14-15H2,(H,24,26). The van der Waals surface area contributed by atoms with Gasteiger partial charge in [0, 0.05) is 32.6 Å². The van der Waals surface area contributed by atoms with Crippen LogP contribution in [0.25, 0.3) is 0 Å². The molecule has 4 nitrogen and oxygen atoms in total. The van der Waals surface area contributed by atoms with Gasteiger partial charge in [0.1, 0.15) is 11.6 Å². The second-order valence-electron chi connectivity index (χ2n) is 6.72. The molecule has 1 fully saturated rings. The van der Waals surface area contributed by atoms with Gasteiger partial charge in [0.2, 0.25) is 5.91 Å². The summed E-state index contributed by atoms with van der Waals surface area (Å²) < 4.78 is 32.1. The number of morpholine rings is 1. The van der Waals surface area contributed by atoms with Gasteiger partial charge in [0.25, 0.3) is 0 Å². The lowest BCUT2D eigenvalue weighted by Crippen LogP contribution is -2.35. The summed E-state index contributed by atoms with van der Waals surface area (Å²) in [5.74, 6) is -1.17. The highest BCUT2D eigenvalue weighted by Crippen LogP contribution is 2.12. The number of halogens is 2. The Labute approximate surface area is 158 Å². The van der Waals surface area contributed by atoms with E-state index in [1.54, 1.807) is 0 Å². The number of hydrogen-bond acceptors (Lipinski definition) is 3. The Balaban J connectivity index is 1.42. The van der Waals surface area contributed by atoms with E-state index in [0.717, 1.165) is 56.6 Å². The second kappa shape index (κ2) is 9.58. The monoisotopic (exact) mass is 374 g/mol. The van der Waals surface area contributed by atoms with E-state index in [4.69, 9.17) is 4.74 Å². The Bertz CT molecular complexity index is 759. The fourth-order valence-electron chi connectivity index (χ4n) is 3.05. The van der Waals surface area contributed by atoms with Crippen LogP contribution in [0.3, 0.4) is 0 Å². The predicted octanol–water partition coefficient (Wildman–Crippen LogP) is 3.05. The first-order valence-corrected chi connectivity index (χ1v) is 9.19. The molecule has 0 bridgehead atoms. The van der Waals surface area contributed by atoms with Crippen LogP contribution in [0, 0.1) is 11.6 Å². The third-order valence-electron chi connectivity index (χ3n) is 4.65. The molecule has 0 saturated carbocycles. The largest absolute Gasteiger partial charge is 0.379 e. The van der Waals surface area contributed by atoms with Gasteiger partial charge in [-0.05, 0) is 41.3 Å². The summed E-state index contributed by atoms with van der Waals surface area (Å²) in [6.07, 6.45) is 0.295. The summed E-state index contributed by atoms with van der Waals surface area (Å²) in [5.41, 5.74) is 2.46. The maximum absolute atomic E-state index is 13.6. The molecular weight excluding hydrogens is 350 g/mol. The quantitative estimate of drug-likeness (QED) is 0.810. The molecule has 0 aliphatic carbocycles. The van der Waals surface area contributed by atoms with Gasteiger partial charge in [-0.25, -0.2) is 8.78 Å². The molecule has 0 unspecified atom stereocenters. The third kappa shape index (κ3) is 6.12. The van der Waals surface area contributed by atoms with Crippen LogP contribution in [0.4, 0.5) is 8.78 Å². The molecule has 1 amide bonds. The number of carbonyl (C=O) groups is 1.